The van der Waals surface area contributed by atoms with Crippen LogP contribution < -0.4 is 5.32 Å². The average molecular weight is 247 g/mol. The van der Waals surface area contributed by atoms with E-state index in [1.165, 1.54) is 18.2 Å². The monoisotopic (exact) mass is 247 g/mol. The lowest BCUT2D eigenvalue weighted by molar-refractivity contribution is -0.166. The minimum Gasteiger partial charge on any atom is -0.299 e. The van der Waals surface area contributed by atoms with Crippen molar-refractivity contribution in [2.45, 2.75) is 38.0 Å². The summed E-state index contributed by atoms with van der Waals surface area (Å²) in [6.45, 7) is 1.80. The third kappa shape index (κ3) is 2.44. The van der Waals surface area contributed by atoms with Crippen molar-refractivity contribution in [3.63, 3.8) is 0 Å². The first-order valence-corrected chi connectivity index (χ1v) is 5.41. The quantitative estimate of drug-likeness (QED) is 0.808. The lowest BCUT2D eigenvalue weighted by Crippen LogP contribution is -2.44. The van der Waals surface area contributed by atoms with E-state index in [0.717, 1.165) is 0 Å². The third-order valence-electron chi connectivity index (χ3n) is 3.21. The van der Waals surface area contributed by atoms with Crippen molar-refractivity contribution in [3.8, 4) is 0 Å². The smallest absolute Gasteiger partial charge is 0.299 e. The minimum atomic E-state index is -4.21. The maximum atomic E-state index is 12.8. The minimum absolute atomic E-state index is 0.117. The van der Waals surface area contributed by atoms with Crippen LogP contribution in [0.25, 0.3) is 0 Å². The molecule has 1 aromatic carbocycles. The van der Waals surface area contributed by atoms with Crippen molar-refractivity contribution in [2.75, 3.05) is 0 Å². The van der Waals surface area contributed by atoms with Crippen LogP contribution in [0.2, 0.25) is 0 Å². The van der Waals surface area contributed by atoms with E-state index >= 15 is 0 Å². The van der Waals surface area contributed by atoms with Gasteiger partial charge in [-0.3, -0.25) is 5.32 Å². The number of aryl methyl sites for hydroxylation is 1. The van der Waals surface area contributed by atoms with Gasteiger partial charge in [-0.25, -0.2) is 4.39 Å². The Hall–Kier alpha value is -1.10. The van der Waals surface area contributed by atoms with Gasteiger partial charge in [0.05, 0.1) is 0 Å². The molecule has 5 heteroatoms. The third-order valence-corrected chi connectivity index (χ3v) is 3.21. The molecule has 2 rings (SSSR count). The Morgan fingerprint density at radius 1 is 1.29 bits per heavy atom. The van der Waals surface area contributed by atoms with E-state index in [2.05, 4.69) is 5.32 Å². The maximum Gasteiger partial charge on any atom is 0.406 e. The number of hydrogen-bond acceptors (Lipinski definition) is 1. The normalized spacial score (nSPS) is 18.2. The first-order valence-electron chi connectivity index (χ1n) is 5.41. The molecule has 0 saturated heterocycles. The molecule has 1 aliphatic rings. The van der Waals surface area contributed by atoms with E-state index in [4.69, 9.17) is 0 Å². The highest BCUT2D eigenvalue weighted by molar-refractivity contribution is 5.27. The zero-order valence-electron chi connectivity index (χ0n) is 9.37. The Kier molecular flexibility index (Phi) is 2.89. The van der Waals surface area contributed by atoms with E-state index in [1.807, 2.05) is 0 Å². The molecule has 0 aromatic heterocycles. The summed E-state index contributed by atoms with van der Waals surface area (Å²) in [5.41, 5.74) is -0.356. The van der Waals surface area contributed by atoms with Crippen LogP contribution >= 0.6 is 0 Å². The highest BCUT2D eigenvalue weighted by atomic mass is 19.4. The van der Waals surface area contributed by atoms with E-state index in [-0.39, 0.29) is 25.2 Å². The topological polar surface area (TPSA) is 12.0 Å². The summed E-state index contributed by atoms with van der Waals surface area (Å²) in [5.74, 6) is -0.372. The van der Waals surface area contributed by atoms with Crippen LogP contribution in [0.4, 0.5) is 17.6 Å². The zero-order valence-corrected chi connectivity index (χ0v) is 9.37. The van der Waals surface area contributed by atoms with Gasteiger partial charge in [0.2, 0.25) is 0 Å². The number of benzene rings is 1. The average Bonchev–Trinajstić information content (AvgIpc) is 2.96. The van der Waals surface area contributed by atoms with Gasteiger partial charge in [0.15, 0.2) is 0 Å². The summed E-state index contributed by atoms with van der Waals surface area (Å²) in [6, 6.07) is 4.10. The van der Waals surface area contributed by atoms with Crippen molar-refractivity contribution in [1.82, 2.24) is 5.32 Å². The van der Waals surface area contributed by atoms with E-state index < -0.39 is 11.7 Å². The summed E-state index contributed by atoms with van der Waals surface area (Å²) < 4.78 is 50.7. The summed E-state index contributed by atoms with van der Waals surface area (Å²) in [4.78, 5) is 0. The summed E-state index contributed by atoms with van der Waals surface area (Å²) in [5, 5.41) is 2.54. The predicted octanol–water partition coefficient (Wildman–Crippen LogP) is 3.32. The number of hydrogen-bond donors (Lipinski definition) is 1. The Bertz CT molecular complexity index is 421. The zero-order chi connectivity index (χ0) is 12.7. The Morgan fingerprint density at radius 2 is 1.94 bits per heavy atom. The molecule has 1 aromatic rings. The first kappa shape index (κ1) is 12.4. The molecule has 0 amide bonds. The van der Waals surface area contributed by atoms with Crippen molar-refractivity contribution in [3.05, 3.63) is 35.1 Å². The molecule has 0 aliphatic heterocycles. The van der Waals surface area contributed by atoms with Gasteiger partial charge in [0.1, 0.15) is 11.4 Å². The summed E-state index contributed by atoms with van der Waals surface area (Å²) in [6.07, 6.45) is -3.96. The van der Waals surface area contributed by atoms with Gasteiger partial charge in [-0.2, -0.15) is 13.2 Å². The molecular weight excluding hydrogens is 234 g/mol. The number of alkyl halides is 3. The van der Waals surface area contributed by atoms with Crippen molar-refractivity contribution < 1.29 is 17.6 Å². The van der Waals surface area contributed by atoms with Crippen LogP contribution in [-0.4, -0.2) is 11.7 Å². The predicted molar refractivity (Wildman–Crippen MR) is 56.0 cm³/mol. The van der Waals surface area contributed by atoms with Gasteiger partial charge in [-0.1, -0.05) is 6.07 Å². The molecule has 0 spiro atoms. The van der Waals surface area contributed by atoms with Crippen molar-refractivity contribution >= 4 is 0 Å². The molecule has 1 N–H and O–H groups in total. The first-order chi connectivity index (χ1) is 7.84. The number of halogens is 4. The van der Waals surface area contributed by atoms with E-state index in [9.17, 15) is 17.6 Å². The molecule has 0 radical (unpaired) electrons. The van der Waals surface area contributed by atoms with Gasteiger partial charge in [-0.15, -0.1) is 0 Å². The molecule has 0 heterocycles. The molecular formula is C12H13F4N. The molecule has 0 atom stereocenters. The highest BCUT2D eigenvalue weighted by Gasteiger charge is 2.62. The number of nitrogens with one attached hydrogen (secondary N) is 1. The molecule has 17 heavy (non-hydrogen) atoms. The van der Waals surface area contributed by atoms with Crippen molar-refractivity contribution in [1.29, 1.82) is 0 Å². The van der Waals surface area contributed by atoms with Gasteiger partial charge in [0, 0.05) is 6.54 Å². The SMILES string of the molecule is Cc1cc(F)ccc1CNC1(C(F)(F)F)CC1. The summed E-state index contributed by atoms with van der Waals surface area (Å²) in [7, 11) is 0. The van der Waals surface area contributed by atoms with Crippen LogP contribution in [-0.2, 0) is 6.54 Å². The van der Waals surface area contributed by atoms with Crippen LogP contribution in [0, 0.1) is 12.7 Å². The second-order valence-corrected chi connectivity index (χ2v) is 4.50. The fourth-order valence-electron chi connectivity index (χ4n) is 1.81. The maximum absolute atomic E-state index is 12.8. The second-order valence-electron chi connectivity index (χ2n) is 4.50. The highest BCUT2D eigenvalue weighted by Crippen LogP contribution is 2.49. The lowest BCUT2D eigenvalue weighted by Gasteiger charge is -2.21. The van der Waals surface area contributed by atoms with Gasteiger partial charge in [-0.05, 0) is 43.0 Å². The second kappa shape index (κ2) is 3.98. The van der Waals surface area contributed by atoms with Gasteiger partial charge < -0.3 is 0 Å². The molecule has 94 valence electrons. The fraction of sp³-hybridized carbons (Fsp3) is 0.500. The molecule has 1 aliphatic carbocycles. The van der Waals surface area contributed by atoms with Crippen LogP contribution in [0.5, 0.6) is 0 Å². The molecule has 1 fully saturated rings. The van der Waals surface area contributed by atoms with Gasteiger partial charge >= 0.3 is 6.18 Å². The molecule has 1 saturated carbocycles. The van der Waals surface area contributed by atoms with E-state index in [0.29, 0.717) is 11.1 Å². The lowest BCUT2D eigenvalue weighted by atomic mass is 10.1. The Labute approximate surface area is 96.8 Å². The Balaban J connectivity index is 2.04. The molecule has 1 nitrogen and oxygen atoms in total. The standard InChI is InChI=1S/C12H13F4N/c1-8-6-10(13)3-2-9(8)7-17-11(4-5-11)12(14,15)16/h2-3,6,17H,4-5,7H2,1H3. The fourth-order valence-corrected chi connectivity index (χ4v) is 1.81. The number of rotatable bonds is 3. The van der Waals surface area contributed by atoms with Gasteiger partial charge in [0.25, 0.3) is 0 Å². The van der Waals surface area contributed by atoms with Crippen LogP contribution in [0.15, 0.2) is 18.2 Å². The van der Waals surface area contributed by atoms with Crippen LogP contribution in [0.3, 0.4) is 0 Å². The van der Waals surface area contributed by atoms with Crippen LogP contribution in [0.1, 0.15) is 24.0 Å². The largest absolute Gasteiger partial charge is 0.406 e. The molecule has 0 unspecified atom stereocenters. The Morgan fingerprint density at radius 3 is 2.41 bits per heavy atom. The summed E-state index contributed by atoms with van der Waals surface area (Å²) >= 11 is 0. The molecule has 0 bridgehead atoms. The van der Waals surface area contributed by atoms with E-state index in [1.54, 1.807) is 6.92 Å². The van der Waals surface area contributed by atoms with Crippen molar-refractivity contribution in [2.24, 2.45) is 0 Å².